The van der Waals surface area contributed by atoms with Crippen molar-refractivity contribution in [1.82, 2.24) is 10.9 Å². The highest BCUT2D eigenvalue weighted by atomic mass is 127. The van der Waals surface area contributed by atoms with E-state index in [0.717, 1.165) is 9.99 Å². The molecule has 2 amide bonds. The Morgan fingerprint density at radius 2 is 1.50 bits per heavy atom. The van der Waals surface area contributed by atoms with Crippen LogP contribution in [0.3, 0.4) is 0 Å². The van der Waals surface area contributed by atoms with E-state index in [1.54, 1.807) is 49.6 Å². The van der Waals surface area contributed by atoms with Gasteiger partial charge < -0.3 is 9.47 Å². The molecule has 0 radical (unpaired) electrons. The number of benzene rings is 3. The van der Waals surface area contributed by atoms with Crippen molar-refractivity contribution >= 4 is 34.4 Å². The minimum atomic E-state index is -0.414. The molecule has 30 heavy (non-hydrogen) atoms. The standard InChI is InChI=1S/C23H21IN2O4/c1-29-21-12-9-18(15-20(21)24)23(28)26-25-22(27)17-7-10-19(11-8-17)30-14-13-16-5-3-2-4-6-16/h2-12,15H,13-14H2,1H3,(H,25,27)(H,26,28). The van der Waals surface area contributed by atoms with E-state index >= 15 is 0 Å². The summed E-state index contributed by atoms with van der Waals surface area (Å²) in [6, 6.07) is 21.9. The summed E-state index contributed by atoms with van der Waals surface area (Å²) in [6.07, 6.45) is 0.805. The second kappa shape index (κ2) is 10.6. The van der Waals surface area contributed by atoms with E-state index in [9.17, 15) is 9.59 Å². The Labute approximate surface area is 188 Å². The number of ether oxygens (including phenoxy) is 2. The molecule has 0 heterocycles. The third kappa shape index (κ3) is 5.96. The van der Waals surface area contributed by atoms with E-state index in [-0.39, 0.29) is 0 Å². The molecular weight excluding hydrogens is 495 g/mol. The van der Waals surface area contributed by atoms with Crippen LogP contribution < -0.4 is 20.3 Å². The number of hydrogen-bond acceptors (Lipinski definition) is 4. The Balaban J connectivity index is 1.48. The lowest BCUT2D eigenvalue weighted by Gasteiger charge is -2.10. The normalized spacial score (nSPS) is 10.2. The molecule has 0 bridgehead atoms. The van der Waals surface area contributed by atoms with Gasteiger partial charge in [-0.15, -0.1) is 0 Å². The second-order valence-electron chi connectivity index (χ2n) is 6.37. The van der Waals surface area contributed by atoms with Crippen LogP contribution in [-0.2, 0) is 6.42 Å². The number of carbonyl (C=O) groups excluding carboxylic acids is 2. The number of halogens is 1. The van der Waals surface area contributed by atoms with Gasteiger partial charge in [0.1, 0.15) is 11.5 Å². The number of hydrazine groups is 1. The molecule has 3 rings (SSSR count). The molecule has 0 aromatic heterocycles. The molecule has 3 aromatic rings. The Bertz CT molecular complexity index is 1010. The SMILES string of the molecule is COc1ccc(C(=O)NNC(=O)c2ccc(OCCc3ccccc3)cc2)cc1I. The number of amides is 2. The average molecular weight is 516 g/mol. The highest BCUT2D eigenvalue weighted by Gasteiger charge is 2.11. The highest BCUT2D eigenvalue weighted by Crippen LogP contribution is 2.21. The molecule has 0 atom stereocenters. The monoisotopic (exact) mass is 516 g/mol. The van der Waals surface area contributed by atoms with Crippen LogP contribution >= 0.6 is 22.6 Å². The van der Waals surface area contributed by atoms with E-state index in [1.165, 1.54) is 5.56 Å². The third-order valence-corrected chi connectivity index (χ3v) is 5.17. The van der Waals surface area contributed by atoms with Crippen molar-refractivity contribution in [3.05, 3.63) is 93.1 Å². The van der Waals surface area contributed by atoms with Crippen LogP contribution in [0.15, 0.2) is 72.8 Å². The van der Waals surface area contributed by atoms with Gasteiger partial charge in [-0.25, -0.2) is 0 Å². The molecule has 7 heteroatoms. The smallest absolute Gasteiger partial charge is 0.269 e. The van der Waals surface area contributed by atoms with Gasteiger partial charge in [-0.1, -0.05) is 30.3 Å². The van der Waals surface area contributed by atoms with Gasteiger partial charge in [-0.2, -0.15) is 0 Å². The molecule has 3 aromatic carbocycles. The molecule has 0 spiro atoms. The number of rotatable bonds is 7. The average Bonchev–Trinajstić information content (AvgIpc) is 2.78. The van der Waals surface area contributed by atoms with Crippen LogP contribution in [0.25, 0.3) is 0 Å². The van der Waals surface area contributed by atoms with Crippen LogP contribution in [0.4, 0.5) is 0 Å². The Morgan fingerprint density at radius 3 is 2.13 bits per heavy atom. The molecule has 2 N–H and O–H groups in total. The van der Waals surface area contributed by atoms with Crippen LogP contribution in [0.5, 0.6) is 11.5 Å². The minimum Gasteiger partial charge on any atom is -0.496 e. The van der Waals surface area contributed by atoms with Gasteiger partial charge in [0.15, 0.2) is 0 Å². The molecule has 0 saturated carbocycles. The largest absolute Gasteiger partial charge is 0.496 e. The van der Waals surface area contributed by atoms with Gasteiger partial charge >= 0.3 is 0 Å². The van der Waals surface area contributed by atoms with Crippen molar-refractivity contribution in [2.24, 2.45) is 0 Å². The van der Waals surface area contributed by atoms with Gasteiger partial charge in [0.05, 0.1) is 17.3 Å². The number of hydrogen-bond donors (Lipinski definition) is 2. The summed E-state index contributed by atoms with van der Waals surface area (Å²) in [7, 11) is 1.57. The maximum absolute atomic E-state index is 12.3. The summed E-state index contributed by atoms with van der Waals surface area (Å²) in [4.78, 5) is 24.5. The highest BCUT2D eigenvalue weighted by molar-refractivity contribution is 14.1. The van der Waals surface area contributed by atoms with Crippen molar-refractivity contribution in [2.75, 3.05) is 13.7 Å². The first kappa shape index (κ1) is 21.6. The van der Waals surface area contributed by atoms with Crippen molar-refractivity contribution < 1.29 is 19.1 Å². The van der Waals surface area contributed by atoms with E-state index in [2.05, 4.69) is 45.6 Å². The van der Waals surface area contributed by atoms with E-state index < -0.39 is 11.8 Å². The van der Waals surface area contributed by atoms with Gasteiger partial charge in [-0.05, 0) is 70.6 Å². The zero-order valence-electron chi connectivity index (χ0n) is 16.4. The van der Waals surface area contributed by atoms with Crippen LogP contribution in [0.1, 0.15) is 26.3 Å². The van der Waals surface area contributed by atoms with Crippen molar-refractivity contribution in [2.45, 2.75) is 6.42 Å². The molecule has 0 fully saturated rings. The van der Waals surface area contributed by atoms with Gasteiger partial charge in [0.25, 0.3) is 11.8 Å². The molecule has 0 aliphatic carbocycles. The second-order valence-corrected chi connectivity index (χ2v) is 7.53. The summed E-state index contributed by atoms with van der Waals surface area (Å²) in [5, 5.41) is 0. The van der Waals surface area contributed by atoms with Crippen LogP contribution in [0, 0.1) is 3.57 Å². The van der Waals surface area contributed by atoms with Crippen LogP contribution in [0.2, 0.25) is 0 Å². The van der Waals surface area contributed by atoms with E-state index in [4.69, 9.17) is 9.47 Å². The fourth-order valence-corrected chi connectivity index (χ4v) is 3.43. The fourth-order valence-electron chi connectivity index (χ4n) is 2.70. The number of carbonyl (C=O) groups is 2. The summed E-state index contributed by atoms with van der Waals surface area (Å²) < 4.78 is 11.7. The lowest BCUT2D eigenvalue weighted by atomic mass is 10.2. The van der Waals surface area contributed by atoms with Gasteiger partial charge in [0, 0.05) is 17.5 Å². The Kier molecular flexibility index (Phi) is 7.67. The molecular formula is C23H21IN2O4. The predicted octanol–water partition coefficient (Wildman–Crippen LogP) is 4.00. The summed E-state index contributed by atoms with van der Waals surface area (Å²) in [5.74, 6) is 0.536. The molecule has 6 nitrogen and oxygen atoms in total. The van der Waals surface area contributed by atoms with Gasteiger partial charge in [-0.3, -0.25) is 20.4 Å². The fraction of sp³-hybridized carbons (Fsp3) is 0.130. The quantitative estimate of drug-likeness (QED) is 0.368. The van der Waals surface area contributed by atoms with Crippen molar-refractivity contribution in [3.63, 3.8) is 0 Å². The third-order valence-electron chi connectivity index (χ3n) is 4.32. The molecule has 0 unspecified atom stereocenters. The number of nitrogens with one attached hydrogen (secondary N) is 2. The lowest BCUT2D eigenvalue weighted by Crippen LogP contribution is -2.41. The van der Waals surface area contributed by atoms with Crippen LogP contribution in [-0.4, -0.2) is 25.5 Å². The van der Waals surface area contributed by atoms with Crippen molar-refractivity contribution in [3.8, 4) is 11.5 Å². The van der Waals surface area contributed by atoms with Gasteiger partial charge in [0.2, 0.25) is 0 Å². The van der Waals surface area contributed by atoms with E-state index in [0.29, 0.717) is 29.2 Å². The molecule has 154 valence electrons. The molecule has 0 aliphatic heterocycles. The summed E-state index contributed by atoms with van der Waals surface area (Å²) in [5.41, 5.74) is 6.87. The summed E-state index contributed by atoms with van der Waals surface area (Å²) in [6.45, 7) is 0.548. The number of methoxy groups -OCH3 is 1. The Morgan fingerprint density at radius 1 is 0.867 bits per heavy atom. The zero-order valence-corrected chi connectivity index (χ0v) is 18.5. The predicted molar refractivity (Wildman–Crippen MR) is 123 cm³/mol. The first-order valence-electron chi connectivity index (χ1n) is 9.28. The molecule has 0 saturated heterocycles. The lowest BCUT2D eigenvalue weighted by molar-refractivity contribution is 0.0846. The van der Waals surface area contributed by atoms with E-state index in [1.807, 2.05) is 18.2 Å². The Hall–Kier alpha value is -3.07. The minimum absolute atomic E-state index is 0.412. The first-order valence-corrected chi connectivity index (χ1v) is 10.4. The van der Waals surface area contributed by atoms with Crippen molar-refractivity contribution in [1.29, 1.82) is 0 Å². The maximum Gasteiger partial charge on any atom is 0.269 e. The summed E-state index contributed by atoms with van der Waals surface area (Å²) >= 11 is 2.08. The maximum atomic E-state index is 12.3. The molecule has 0 aliphatic rings. The topological polar surface area (TPSA) is 76.7 Å². The first-order chi connectivity index (χ1) is 14.6. The zero-order chi connectivity index (χ0) is 21.3.